The molecule has 0 heterocycles. The van der Waals surface area contributed by atoms with Crippen LogP contribution >= 0.6 is 0 Å². The predicted octanol–water partition coefficient (Wildman–Crippen LogP) is 5.06. The van der Waals surface area contributed by atoms with E-state index in [9.17, 15) is 0 Å². The minimum Gasteiger partial charge on any atom is -0.103 e. The smallest absolute Gasteiger partial charge is 0.0166 e. The number of hydrogen-bond donors (Lipinski definition) is 0. The van der Waals surface area contributed by atoms with Crippen LogP contribution in [0, 0.1) is 0 Å². The van der Waals surface area contributed by atoms with Crippen molar-refractivity contribution in [3.63, 3.8) is 0 Å². The quantitative estimate of drug-likeness (QED) is 0.422. The monoisotopic (exact) mass is 192 g/mol. The van der Waals surface area contributed by atoms with Gasteiger partial charge in [-0.15, -0.1) is 6.58 Å². The Hall–Kier alpha value is -1.04. The molecule has 0 heteroatoms. The first-order valence-corrected chi connectivity index (χ1v) is 4.75. The van der Waals surface area contributed by atoms with E-state index in [0.717, 1.165) is 18.4 Å². The molecule has 0 saturated heterocycles. The zero-order valence-corrected chi connectivity index (χ0v) is 9.06. The molecule has 14 heavy (non-hydrogen) atoms. The van der Waals surface area contributed by atoms with Crippen LogP contribution in [-0.4, -0.2) is 0 Å². The van der Waals surface area contributed by atoms with Gasteiger partial charge >= 0.3 is 0 Å². The first-order chi connectivity index (χ1) is 6.11. The SMILES string of the molecule is C.C=CC/C=C(CC)\C(C)=C/C(=C)C. The Kier molecular flexibility index (Phi) is 9.43. The third-order valence-corrected chi connectivity index (χ3v) is 1.88. The van der Waals surface area contributed by atoms with E-state index < -0.39 is 0 Å². The summed E-state index contributed by atoms with van der Waals surface area (Å²) in [5.41, 5.74) is 3.82. The Morgan fingerprint density at radius 1 is 1.29 bits per heavy atom. The summed E-state index contributed by atoms with van der Waals surface area (Å²) in [5.74, 6) is 0. The molecule has 0 aliphatic carbocycles. The van der Waals surface area contributed by atoms with Crippen LogP contribution < -0.4 is 0 Å². The molecule has 0 amide bonds. The van der Waals surface area contributed by atoms with Crippen molar-refractivity contribution in [3.05, 3.63) is 48.1 Å². The van der Waals surface area contributed by atoms with Crippen molar-refractivity contribution in [1.82, 2.24) is 0 Å². The summed E-state index contributed by atoms with van der Waals surface area (Å²) >= 11 is 0. The number of allylic oxidation sites excluding steroid dienone is 6. The van der Waals surface area contributed by atoms with E-state index in [0.29, 0.717) is 0 Å². The molecule has 0 bridgehead atoms. The highest BCUT2D eigenvalue weighted by atomic mass is 14.0. The molecule has 0 spiro atoms. The van der Waals surface area contributed by atoms with Gasteiger partial charge in [-0.05, 0) is 37.8 Å². The summed E-state index contributed by atoms with van der Waals surface area (Å²) in [5, 5.41) is 0. The van der Waals surface area contributed by atoms with E-state index in [-0.39, 0.29) is 7.43 Å². The van der Waals surface area contributed by atoms with E-state index in [1.165, 1.54) is 11.1 Å². The van der Waals surface area contributed by atoms with Gasteiger partial charge in [0.1, 0.15) is 0 Å². The normalized spacial score (nSPS) is 11.9. The van der Waals surface area contributed by atoms with Crippen molar-refractivity contribution < 1.29 is 0 Å². The third-order valence-electron chi connectivity index (χ3n) is 1.88. The zero-order chi connectivity index (χ0) is 10.3. The highest BCUT2D eigenvalue weighted by Crippen LogP contribution is 2.15. The van der Waals surface area contributed by atoms with Crippen molar-refractivity contribution in [2.24, 2.45) is 0 Å². The van der Waals surface area contributed by atoms with Crippen LogP contribution in [0.4, 0.5) is 0 Å². The average Bonchev–Trinajstić information content (AvgIpc) is 2.04. The molecule has 0 rings (SSSR count). The summed E-state index contributed by atoms with van der Waals surface area (Å²) in [6, 6.07) is 0. The van der Waals surface area contributed by atoms with E-state index in [1.807, 2.05) is 13.0 Å². The Balaban J connectivity index is 0. The number of rotatable bonds is 5. The third kappa shape index (κ3) is 6.47. The fraction of sp³-hybridized carbons (Fsp3) is 0.429. The lowest BCUT2D eigenvalue weighted by Crippen LogP contribution is -1.84. The van der Waals surface area contributed by atoms with Crippen molar-refractivity contribution in [3.8, 4) is 0 Å². The predicted molar refractivity (Wildman–Crippen MR) is 68.5 cm³/mol. The molecule has 0 N–H and O–H groups in total. The lowest BCUT2D eigenvalue weighted by Gasteiger charge is -2.04. The molecule has 0 aromatic rings. The molecule has 0 unspecified atom stereocenters. The Bertz CT molecular complexity index is 239. The second kappa shape index (κ2) is 8.55. The van der Waals surface area contributed by atoms with Crippen LogP contribution in [0.2, 0.25) is 0 Å². The van der Waals surface area contributed by atoms with E-state index in [4.69, 9.17) is 0 Å². The van der Waals surface area contributed by atoms with Gasteiger partial charge in [0.2, 0.25) is 0 Å². The molecular weight excluding hydrogens is 168 g/mol. The molecule has 0 fully saturated rings. The van der Waals surface area contributed by atoms with E-state index in [2.05, 4.69) is 39.2 Å². The average molecular weight is 192 g/mol. The largest absolute Gasteiger partial charge is 0.103 e. The topological polar surface area (TPSA) is 0 Å². The van der Waals surface area contributed by atoms with Crippen LogP contribution in [0.15, 0.2) is 48.1 Å². The summed E-state index contributed by atoms with van der Waals surface area (Å²) < 4.78 is 0. The van der Waals surface area contributed by atoms with Gasteiger partial charge in [-0.2, -0.15) is 0 Å². The van der Waals surface area contributed by atoms with Crippen molar-refractivity contribution in [2.75, 3.05) is 0 Å². The van der Waals surface area contributed by atoms with Crippen LogP contribution in [0.25, 0.3) is 0 Å². The van der Waals surface area contributed by atoms with Crippen LogP contribution in [0.1, 0.15) is 41.0 Å². The van der Waals surface area contributed by atoms with Gasteiger partial charge in [0.25, 0.3) is 0 Å². The van der Waals surface area contributed by atoms with Gasteiger partial charge in [0, 0.05) is 0 Å². The lowest BCUT2D eigenvalue weighted by atomic mass is 10.0. The zero-order valence-electron chi connectivity index (χ0n) is 9.06. The maximum Gasteiger partial charge on any atom is -0.0166 e. The van der Waals surface area contributed by atoms with Crippen LogP contribution in [0.5, 0.6) is 0 Å². The maximum atomic E-state index is 3.87. The van der Waals surface area contributed by atoms with Crippen molar-refractivity contribution >= 4 is 0 Å². The minimum atomic E-state index is 0. The maximum absolute atomic E-state index is 3.87. The van der Waals surface area contributed by atoms with Gasteiger partial charge in [-0.25, -0.2) is 0 Å². The Morgan fingerprint density at radius 3 is 2.21 bits per heavy atom. The highest BCUT2D eigenvalue weighted by molar-refractivity contribution is 5.34. The Morgan fingerprint density at radius 2 is 1.86 bits per heavy atom. The van der Waals surface area contributed by atoms with Crippen molar-refractivity contribution in [1.29, 1.82) is 0 Å². The molecule has 0 saturated carbocycles. The molecule has 0 nitrogen and oxygen atoms in total. The molecule has 0 radical (unpaired) electrons. The second-order valence-corrected chi connectivity index (χ2v) is 3.28. The molecule has 0 aromatic heterocycles. The van der Waals surface area contributed by atoms with Gasteiger partial charge < -0.3 is 0 Å². The summed E-state index contributed by atoms with van der Waals surface area (Å²) in [4.78, 5) is 0. The molecular formula is C14H24. The summed E-state index contributed by atoms with van der Waals surface area (Å²) in [6.45, 7) is 13.9. The molecule has 0 aliphatic rings. The molecule has 0 aromatic carbocycles. The van der Waals surface area contributed by atoms with Crippen molar-refractivity contribution in [2.45, 2.75) is 41.0 Å². The number of hydrogen-bond acceptors (Lipinski definition) is 0. The standard InChI is InChI=1S/C13H20.CH4/c1-6-8-9-13(7-2)12(5)10-11(3)4;/h6,9-10H,1,3,7-8H2,2,4-5H3;1H4/b12-10-,13-9-;. The minimum absolute atomic E-state index is 0. The highest BCUT2D eigenvalue weighted by Gasteiger charge is 1.95. The molecule has 80 valence electrons. The molecule has 0 atom stereocenters. The van der Waals surface area contributed by atoms with E-state index in [1.54, 1.807) is 0 Å². The second-order valence-electron chi connectivity index (χ2n) is 3.28. The van der Waals surface area contributed by atoms with Gasteiger partial charge in [0.15, 0.2) is 0 Å². The van der Waals surface area contributed by atoms with Crippen LogP contribution in [-0.2, 0) is 0 Å². The molecule has 0 aliphatic heterocycles. The van der Waals surface area contributed by atoms with Gasteiger partial charge in [0.05, 0.1) is 0 Å². The lowest BCUT2D eigenvalue weighted by molar-refractivity contribution is 1.08. The Labute approximate surface area is 89.7 Å². The fourth-order valence-electron chi connectivity index (χ4n) is 1.27. The van der Waals surface area contributed by atoms with E-state index >= 15 is 0 Å². The van der Waals surface area contributed by atoms with Gasteiger partial charge in [-0.3, -0.25) is 0 Å². The first kappa shape index (κ1) is 15.4. The first-order valence-electron chi connectivity index (χ1n) is 4.75. The van der Waals surface area contributed by atoms with Crippen LogP contribution in [0.3, 0.4) is 0 Å². The summed E-state index contributed by atoms with van der Waals surface area (Å²) in [7, 11) is 0. The summed E-state index contributed by atoms with van der Waals surface area (Å²) in [6.07, 6.45) is 8.29. The fourth-order valence-corrected chi connectivity index (χ4v) is 1.27. The van der Waals surface area contributed by atoms with Gasteiger partial charge in [-0.1, -0.05) is 44.7 Å².